The molecule has 2 aliphatic heterocycles. The lowest BCUT2D eigenvalue weighted by Gasteiger charge is -2.28. The predicted octanol–water partition coefficient (Wildman–Crippen LogP) is 4.65. The Kier molecular flexibility index (Phi) is 6.24. The molecular weight excluding hydrogens is 414 g/mol. The highest BCUT2D eigenvalue weighted by atomic mass is 16.7. The van der Waals surface area contributed by atoms with Gasteiger partial charge in [-0.15, -0.1) is 0 Å². The van der Waals surface area contributed by atoms with E-state index >= 15 is 0 Å². The maximum Gasteiger partial charge on any atom is 0.318 e. The van der Waals surface area contributed by atoms with Crippen LogP contribution in [0.4, 0.5) is 4.79 Å². The smallest absolute Gasteiger partial charge is 0.318 e. The molecule has 1 N–H and O–H groups in total. The van der Waals surface area contributed by atoms with Crippen molar-refractivity contribution in [3.63, 3.8) is 0 Å². The molecule has 0 fully saturated rings. The van der Waals surface area contributed by atoms with Gasteiger partial charge in [-0.1, -0.05) is 78.0 Å². The summed E-state index contributed by atoms with van der Waals surface area (Å²) < 4.78 is 6.08. The Bertz CT molecular complexity index is 1150. The maximum absolute atomic E-state index is 12.6. The van der Waals surface area contributed by atoms with E-state index < -0.39 is 0 Å². The van der Waals surface area contributed by atoms with Crippen molar-refractivity contribution in [2.45, 2.75) is 25.5 Å². The van der Waals surface area contributed by atoms with Gasteiger partial charge in [-0.2, -0.15) is 0 Å². The van der Waals surface area contributed by atoms with Crippen molar-refractivity contribution in [3.8, 4) is 16.9 Å². The van der Waals surface area contributed by atoms with Gasteiger partial charge in [0.25, 0.3) is 0 Å². The Morgan fingerprint density at radius 2 is 1.76 bits per heavy atom. The molecule has 0 spiro atoms. The molecule has 6 nitrogen and oxygen atoms in total. The molecule has 3 aromatic rings. The van der Waals surface area contributed by atoms with Crippen LogP contribution in [0, 0.1) is 0 Å². The van der Waals surface area contributed by atoms with Gasteiger partial charge in [-0.3, -0.25) is 0 Å². The molecule has 5 rings (SSSR count). The first-order valence-corrected chi connectivity index (χ1v) is 11.3. The molecule has 3 aromatic carbocycles. The first kappa shape index (κ1) is 21.1. The topological polar surface area (TPSA) is 63.2 Å². The second-order valence-corrected chi connectivity index (χ2v) is 8.36. The Morgan fingerprint density at radius 3 is 2.64 bits per heavy atom. The average Bonchev–Trinajstić information content (AvgIpc) is 3.34. The van der Waals surface area contributed by atoms with Crippen LogP contribution in [0.3, 0.4) is 0 Å². The molecule has 1 atom stereocenters. The summed E-state index contributed by atoms with van der Waals surface area (Å²) in [6.07, 6.45) is 1.36. The van der Waals surface area contributed by atoms with Crippen LogP contribution in [0.2, 0.25) is 0 Å². The first-order chi connectivity index (χ1) is 16.3. The summed E-state index contributed by atoms with van der Waals surface area (Å²) in [6.45, 7) is 2.15. The van der Waals surface area contributed by atoms with E-state index in [9.17, 15) is 4.79 Å². The van der Waals surface area contributed by atoms with E-state index in [0.29, 0.717) is 26.1 Å². The number of hydrogen-bond acceptors (Lipinski definition) is 4. The van der Waals surface area contributed by atoms with Gasteiger partial charge in [0.05, 0.1) is 12.3 Å². The van der Waals surface area contributed by atoms with Crippen molar-refractivity contribution >= 4 is 11.7 Å². The monoisotopic (exact) mass is 441 g/mol. The van der Waals surface area contributed by atoms with Crippen LogP contribution in [0.25, 0.3) is 11.1 Å². The Morgan fingerprint density at radius 1 is 1.00 bits per heavy atom. The molecule has 0 aliphatic carbocycles. The molecule has 6 heteroatoms. The number of carbonyl (C=O) groups excluding carboxylic acids is 1. The molecule has 1 unspecified atom stereocenters. The lowest BCUT2D eigenvalue weighted by molar-refractivity contribution is 0.0472. The Balaban J connectivity index is 1.09. The lowest BCUT2D eigenvalue weighted by atomic mass is 10.0. The zero-order chi connectivity index (χ0) is 22.5. The molecule has 2 heterocycles. The number of amides is 2. The number of nitrogens with one attached hydrogen (secondary N) is 1. The van der Waals surface area contributed by atoms with E-state index in [1.165, 1.54) is 11.1 Å². The highest BCUT2D eigenvalue weighted by molar-refractivity contribution is 5.90. The minimum atomic E-state index is -0.164. The van der Waals surface area contributed by atoms with Gasteiger partial charge in [0.2, 0.25) is 0 Å². The standard InChI is InChI=1S/C27H27N3O3/c31-27(30-15-14-20-8-4-5-11-22(20)18-30)28-17-23-16-24(33-29-23)19-32-26-13-7-6-12-25(26)21-9-2-1-3-10-21/h1-13,24H,14-19H2,(H,28,31). The number of hydrogen-bond donors (Lipinski definition) is 1. The molecule has 0 bridgehead atoms. The fourth-order valence-corrected chi connectivity index (χ4v) is 4.27. The van der Waals surface area contributed by atoms with Gasteiger partial charge in [0.15, 0.2) is 6.10 Å². The number of oxime groups is 1. The zero-order valence-electron chi connectivity index (χ0n) is 18.4. The van der Waals surface area contributed by atoms with E-state index in [1.54, 1.807) is 0 Å². The summed E-state index contributed by atoms with van der Waals surface area (Å²) in [5.41, 5.74) is 5.53. The number of nitrogens with zero attached hydrogens (tertiary/aromatic N) is 2. The quantitative estimate of drug-likeness (QED) is 0.606. The van der Waals surface area contributed by atoms with Gasteiger partial charge in [0.1, 0.15) is 12.4 Å². The average molecular weight is 442 g/mol. The van der Waals surface area contributed by atoms with Crippen LogP contribution < -0.4 is 10.1 Å². The van der Waals surface area contributed by atoms with E-state index in [1.807, 2.05) is 53.4 Å². The van der Waals surface area contributed by atoms with Crippen LogP contribution in [-0.4, -0.2) is 42.4 Å². The number of urea groups is 1. The van der Waals surface area contributed by atoms with Crippen molar-refractivity contribution in [2.75, 3.05) is 19.7 Å². The third kappa shape index (κ3) is 5.00. The van der Waals surface area contributed by atoms with E-state index in [2.05, 4.69) is 40.8 Å². The second-order valence-electron chi connectivity index (χ2n) is 8.36. The molecule has 0 radical (unpaired) electrons. The molecule has 0 aromatic heterocycles. The van der Waals surface area contributed by atoms with Crippen LogP contribution in [0.1, 0.15) is 17.5 Å². The number of carbonyl (C=O) groups is 1. The van der Waals surface area contributed by atoms with Crippen LogP contribution >= 0.6 is 0 Å². The first-order valence-electron chi connectivity index (χ1n) is 11.3. The number of fused-ring (bicyclic) bond motifs is 1. The normalized spacial score (nSPS) is 17.0. The molecule has 0 saturated carbocycles. The highest BCUT2D eigenvalue weighted by Gasteiger charge is 2.24. The van der Waals surface area contributed by atoms with Gasteiger partial charge in [0, 0.05) is 25.1 Å². The lowest BCUT2D eigenvalue weighted by Crippen LogP contribution is -2.44. The van der Waals surface area contributed by atoms with E-state index in [0.717, 1.165) is 35.6 Å². The number of para-hydroxylation sites is 1. The summed E-state index contributed by atoms with van der Waals surface area (Å²) in [5.74, 6) is 0.819. The molecule has 2 amide bonds. The molecular formula is C27H27N3O3. The third-order valence-electron chi connectivity index (χ3n) is 6.05. The highest BCUT2D eigenvalue weighted by Crippen LogP contribution is 2.30. The van der Waals surface area contributed by atoms with Crippen molar-refractivity contribution in [3.05, 3.63) is 90.0 Å². The number of ether oxygens (including phenoxy) is 1. The second kappa shape index (κ2) is 9.77. The van der Waals surface area contributed by atoms with Crippen LogP contribution in [-0.2, 0) is 17.8 Å². The number of rotatable bonds is 6. The fourth-order valence-electron chi connectivity index (χ4n) is 4.27. The summed E-state index contributed by atoms with van der Waals surface area (Å²) in [6, 6.07) is 26.4. The Hall–Kier alpha value is -3.80. The minimum Gasteiger partial charge on any atom is -0.489 e. The fraction of sp³-hybridized carbons (Fsp3) is 0.259. The third-order valence-corrected chi connectivity index (χ3v) is 6.05. The Labute approximate surface area is 193 Å². The van der Waals surface area contributed by atoms with Crippen molar-refractivity contribution in [1.82, 2.24) is 10.2 Å². The van der Waals surface area contributed by atoms with Gasteiger partial charge in [-0.25, -0.2) is 4.79 Å². The van der Waals surface area contributed by atoms with Crippen molar-refractivity contribution < 1.29 is 14.4 Å². The summed E-state index contributed by atoms with van der Waals surface area (Å²) in [4.78, 5) is 20.0. The number of benzene rings is 3. The summed E-state index contributed by atoms with van der Waals surface area (Å²) in [5, 5.41) is 7.15. The van der Waals surface area contributed by atoms with Crippen molar-refractivity contribution in [1.29, 1.82) is 0 Å². The van der Waals surface area contributed by atoms with Gasteiger partial charge in [-0.05, 0) is 29.2 Å². The van der Waals surface area contributed by atoms with Crippen LogP contribution in [0.15, 0.2) is 84.0 Å². The SMILES string of the molecule is O=C(NCC1=NOC(COc2ccccc2-c2ccccc2)C1)N1CCc2ccccc2C1. The van der Waals surface area contributed by atoms with E-state index in [-0.39, 0.29) is 12.1 Å². The zero-order valence-corrected chi connectivity index (χ0v) is 18.4. The summed E-state index contributed by atoms with van der Waals surface area (Å²) in [7, 11) is 0. The predicted molar refractivity (Wildman–Crippen MR) is 128 cm³/mol. The molecule has 33 heavy (non-hydrogen) atoms. The van der Waals surface area contributed by atoms with Crippen LogP contribution in [0.5, 0.6) is 5.75 Å². The summed E-state index contributed by atoms with van der Waals surface area (Å²) >= 11 is 0. The van der Waals surface area contributed by atoms with E-state index in [4.69, 9.17) is 9.57 Å². The minimum absolute atomic E-state index is 0.0660. The molecule has 0 saturated heterocycles. The molecule has 168 valence electrons. The van der Waals surface area contributed by atoms with Gasteiger partial charge < -0.3 is 19.8 Å². The largest absolute Gasteiger partial charge is 0.489 e. The van der Waals surface area contributed by atoms with Gasteiger partial charge >= 0.3 is 6.03 Å². The van der Waals surface area contributed by atoms with Crippen molar-refractivity contribution in [2.24, 2.45) is 5.16 Å². The maximum atomic E-state index is 12.6. The molecule has 2 aliphatic rings.